The number of hydrogen-bond donors (Lipinski definition) is 2. The van der Waals surface area contributed by atoms with Crippen molar-refractivity contribution in [3.63, 3.8) is 0 Å². The third kappa shape index (κ3) is 6.46. The zero-order valence-corrected chi connectivity index (χ0v) is 19.5. The van der Waals surface area contributed by atoms with E-state index in [2.05, 4.69) is 11.8 Å². The Morgan fingerprint density at radius 1 is 1.25 bits per heavy atom. The largest absolute Gasteiger partial charge is 0.504 e. The lowest BCUT2D eigenvalue weighted by molar-refractivity contribution is -0.144. The van der Waals surface area contributed by atoms with E-state index in [0.717, 1.165) is 29.7 Å². The lowest BCUT2D eigenvalue weighted by Crippen LogP contribution is -2.31. The Kier molecular flexibility index (Phi) is 9.99. The number of phenols is 1. The Morgan fingerprint density at radius 2 is 2.00 bits per heavy atom. The molecule has 0 amide bonds. The molecule has 1 aromatic carbocycles. The summed E-state index contributed by atoms with van der Waals surface area (Å²) in [5, 5.41) is 19.6. The van der Waals surface area contributed by atoms with E-state index < -0.39 is 5.97 Å². The van der Waals surface area contributed by atoms with Gasteiger partial charge in [-0.3, -0.25) is 9.69 Å². The highest BCUT2D eigenvalue weighted by molar-refractivity contribution is 5.98. The van der Waals surface area contributed by atoms with Crippen LogP contribution in [-0.4, -0.2) is 67.0 Å². The van der Waals surface area contributed by atoms with Crippen molar-refractivity contribution in [2.45, 2.75) is 53.1 Å². The molecule has 2 rings (SSSR count). The fourth-order valence-corrected chi connectivity index (χ4v) is 3.85. The number of phenolic OH excluding ortho intramolecular Hbond substituents is 1. The number of rotatable bonds is 13. The summed E-state index contributed by atoms with van der Waals surface area (Å²) in [5.74, 6) is -0.690. The smallest absolute Gasteiger partial charge is 0.342 e. The van der Waals surface area contributed by atoms with Gasteiger partial charge in [0.05, 0.1) is 13.7 Å². The summed E-state index contributed by atoms with van der Waals surface area (Å²) in [5.41, 5.74) is 3.55. The minimum atomic E-state index is -0.537. The monoisotopic (exact) mass is 449 g/mol. The summed E-state index contributed by atoms with van der Waals surface area (Å²) in [6.07, 6.45) is 4.31. The zero-order chi connectivity index (χ0) is 23.7. The predicted molar refractivity (Wildman–Crippen MR) is 120 cm³/mol. The fraction of sp³-hybridized carbons (Fsp3) is 0.583. The van der Waals surface area contributed by atoms with Gasteiger partial charge in [0.25, 0.3) is 0 Å². The number of allylic oxidation sites excluding steroid dienone is 2. The standard InChI is InChI=1S/C24H35NO7/c1-5-10-25(11-13-26)12-14-31-20(27)9-7-16(2)6-8-18-17(3)19-15-32-24(29)21(19)22(28)23(18)30-4/h6,26,28H,5,7-15H2,1-4H3/b16-6+. The second-order valence-electron chi connectivity index (χ2n) is 7.96. The number of fused-ring (bicyclic) bond motifs is 1. The van der Waals surface area contributed by atoms with Crippen molar-refractivity contribution >= 4 is 11.9 Å². The minimum absolute atomic E-state index is 0.0908. The van der Waals surface area contributed by atoms with E-state index in [-0.39, 0.29) is 42.7 Å². The topological polar surface area (TPSA) is 106 Å². The molecular weight excluding hydrogens is 414 g/mol. The molecule has 1 aliphatic rings. The van der Waals surface area contributed by atoms with Crippen LogP contribution >= 0.6 is 0 Å². The maximum absolute atomic E-state index is 12.1. The first kappa shape index (κ1) is 25.7. The van der Waals surface area contributed by atoms with Crippen molar-refractivity contribution in [1.82, 2.24) is 4.90 Å². The molecule has 2 N–H and O–H groups in total. The van der Waals surface area contributed by atoms with Crippen LogP contribution in [0, 0.1) is 6.92 Å². The molecule has 32 heavy (non-hydrogen) atoms. The van der Waals surface area contributed by atoms with Gasteiger partial charge in [-0.25, -0.2) is 4.79 Å². The molecule has 1 aliphatic heterocycles. The van der Waals surface area contributed by atoms with Gasteiger partial charge < -0.3 is 24.4 Å². The normalized spacial score (nSPS) is 13.3. The molecule has 0 atom stereocenters. The second-order valence-corrected chi connectivity index (χ2v) is 7.96. The number of cyclic esters (lactones) is 1. The maximum atomic E-state index is 12.1. The first-order valence-corrected chi connectivity index (χ1v) is 11.1. The van der Waals surface area contributed by atoms with Crippen LogP contribution in [0.4, 0.5) is 0 Å². The molecule has 0 bridgehead atoms. The second kappa shape index (κ2) is 12.5. The van der Waals surface area contributed by atoms with E-state index in [1.165, 1.54) is 7.11 Å². The molecule has 0 saturated heterocycles. The average molecular weight is 450 g/mol. The molecule has 178 valence electrons. The summed E-state index contributed by atoms with van der Waals surface area (Å²) >= 11 is 0. The Bertz CT molecular complexity index is 841. The van der Waals surface area contributed by atoms with Gasteiger partial charge in [-0.2, -0.15) is 0 Å². The van der Waals surface area contributed by atoms with E-state index in [1.807, 2.05) is 19.9 Å². The number of benzene rings is 1. The van der Waals surface area contributed by atoms with E-state index >= 15 is 0 Å². The molecule has 8 heteroatoms. The number of aliphatic hydroxyl groups is 1. The van der Waals surface area contributed by atoms with Crippen LogP contribution in [-0.2, 0) is 27.3 Å². The molecule has 0 aliphatic carbocycles. The van der Waals surface area contributed by atoms with Gasteiger partial charge in [-0.15, -0.1) is 0 Å². The summed E-state index contributed by atoms with van der Waals surface area (Å²) in [4.78, 5) is 26.0. The zero-order valence-electron chi connectivity index (χ0n) is 19.5. The van der Waals surface area contributed by atoms with Gasteiger partial charge in [-0.05, 0) is 45.2 Å². The first-order chi connectivity index (χ1) is 15.3. The average Bonchev–Trinajstić information content (AvgIpc) is 3.16. The highest BCUT2D eigenvalue weighted by Gasteiger charge is 2.31. The van der Waals surface area contributed by atoms with Gasteiger partial charge in [-0.1, -0.05) is 18.6 Å². The first-order valence-electron chi connectivity index (χ1n) is 11.1. The lowest BCUT2D eigenvalue weighted by atomic mass is 9.93. The number of hydrogen-bond acceptors (Lipinski definition) is 8. The van der Waals surface area contributed by atoms with E-state index in [4.69, 9.17) is 19.3 Å². The number of carbonyl (C=O) groups is 2. The van der Waals surface area contributed by atoms with Gasteiger partial charge in [0.2, 0.25) is 0 Å². The van der Waals surface area contributed by atoms with Crippen molar-refractivity contribution in [3.05, 3.63) is 33.9 Å². The molecule has 0 unspecified atom stereocenters. The number of aromatic hydroxyl groups is 1. The number of carbonyl (C=O) groups excluding carboxylic acids is 2. The molecule has 0 fully saturated rings. The third-order valence-corrected chi connectivity index (χ3v) is 5.69. The van der Waals surface area contributed by atoms with Crippen LogP contribution in [0.3, 0.4) is 0 Å². The Labute approximate surface area is 189 Å². The molecule has 0 radical (unpaired) electrons. The summed E-state index contributed by atoms with van der Waals surface area (Å²) in [7, 11) is 1.46. The van der Waals surface area contributed by atoms with Crippen LogP contribution in [0.1, 0.15) is 60.2 Å². The maximum Gasteiger partial charge on any atom is 0.342 e. The quantitative estimate of drug-likeness (QED) is 0.350. The van der Waals surface area contributed by atoms with Crippen LogP contribution < -0.4 is 4.74 Å². The SMILES string of the molecule is CCCN(CCO)CCOC(=O)CC/C(C)=C/Cc1c(C)c2c(c(O)c1OC)C(=O)OC2. The molecule has 1 heterocycles. The van der Waals surface area contributed by atoms with Crippen LogP contribution in [0.2, 0.25) is 0 Å². The van der Waals surface area contributed by atoms with Gasteiger partial charge in [0, 0.05) is 30.6 Å². The van der Waals surface area contributed by atoms with Crippen molar-refractivity contribution in [2.24, 2.45) is 0 Å². The van der Waals surface area contributed by atoms with Crippen molar-refractivity contribution in [2.75, 3.05) is 40.0 Å². The predicted octanol–water partition coefficient (Wildman–Crippen LogP) is 2.90. The number of esters is 2. The van der Waals surface area contributed by atoms with Crippen molar-refractivity contribution in [1.29, 1.82) is 0 Å². The fourth-order valence-electron chi connectivity index (χ4n) is 3.85. The van der Waals surface area contributed by atoms with Crippen LogP contribution in [0.15, 0.2) is 11.6 Å². The Balaban J connectivity index is 1.91. The van der Waals surface area contributed by atoms with E-state index in [0.29, 0.717) is 38.1 Å². The van der Waals surface area contributed by atoms with E-state index in [1.54, 1.807) is 0 Å². The van der Waals surface area contributed by atoms with Crippen LogP contribution in [0.5, 0.6) is 11.5 Å². The highest BCUT2D eigenvalue weighted by Crippen LogP contribution is 2.42. The van der Waals surface area contributed by atoms with Gasteiger partial charge >= 0.3 is 11.9 Å². The number of aliphatic hydroxyl groups excluding tert-OH is 1. The summed E-state index contributed by atoms with van der Waals surface area (Å²) in [6, 6.07) is 0. The molecular formula is C24H35NO7. The molecule has 0 saturated carbocycles. The van der Waals surface area contributed by atoms with Gasteiger partial charge in [0.1, 0.15) is 18.8 Å². The van der Waals surface area contributed by atoms with Crippen molar-refractivity contribution < 1.29 is 34.0 Å². The Hall–Kier alpha value is -2.58. The van der Waals surface area contributed by atoms with Gasteiger partial charge in [0.15, 0.2) is 11.5 Å². The number of methoxy groups -OCH3 is 1. The summed E-state index contributed by atoms with van der Waals surface area (Å²) in [6.45, 7) is 8.50. The Morgan fingerprint density at radius 3 is 2.66 bits per heavy atom. The highest BCUT2D eigenvalue weighted by atomic mass is 16.5. The molecule has 0 aromatic heterocycles. The van der Waals surface area contributed by atoms with Crippen LogP contribution in [0.25, 0.3) is 0 Å². The van der Waals surface area contributed by atoms with Crippen molar-refractivity contribution in [3.8, 4) is 11.5 Å². The van der Waals surface area contributed by atoms with E-state index in [9.17, 15) is 14.7 Å². The minimum Gasteiger partial charge on any atom is -0.504 e. The lowest BCUT2D eigenvalue weighted by Gasteiger charge is -2.20. The molecule has 1 aromatic rings. The number of ether oxygens (including phenoxy) is 3. The number of nitrogens with zero attached hydrogens (tertiary/aromatic N) is 1. The summed E-state index contributed by atoms with van der Waals surface area (Å²) < 4.78 is 15.8. The third-order valence-electron chi connectivity index (χ3n) is 5.69. The molecule has 8 nitrogen and oxygen atoms in total. The molecule has 0 spiro atoms.